The van der Waals surface area contributed by atoms with E-state index in [0.717, 1.165) is 5.39 Å². The van der Waals surface area contributed by atoms with Gasteiger partial charge in [-0.3, -0.25) is 9.48 Å². The van der Waals surface area contributed by atoms with E-state index in [-0.39, 0.29) is 5.69 Å². The Morgan fingerprint density at radius 1 is 1.28 bits per heavy atom. The molecule has 0 atom stereocenters. The number of ether oxygens (including phenoxy) is 2. The Labute approximate surface area is 143 Å². The lowest BCUT2D eigenvalue weighted by molar-refractivity contribution is 0.0594. The van der Waals surface area contributed by atoms with Gasteiger partial charge in [0.1, 0.15) is 11.3 Å². The summed E-state index contributed by atoms with van der Waals surface area (Å²) in [6.45, 7) is 1.74. The van der Waals surface area contributed by atoms with Gasteiger partial charge in [0.2, 0.25) is 0 Å². The summed E-state index contributed by atoms with van der Waals surface area (Å²) in [4.78, 5) is 24.5. The van der Waals surface area contributed by atoms with Crippen LogP contribution in [0.25, 0.3) is 11.0 Å². The van der Waals surface area contributed by atoms with E-state index < -0.39 is 11.9 Å². The number of anilines is 1. The fourth-order valence-corrected chi connectivity index (χ4v) is 2.52. The predicted molar refractivity (Wildman–Crippen MR) is 90.0 cm³/mol. The van der Waals surface area contributed by atoms with Gasteiger partial charge >= 0.3 is 5.97 Å². The number of amides is 1. The molecule has 130 valence electrons. The van der Waals surface area contributed by atoms with E-state index in [9.17, 15) is 9.59 Å². The Kier molecular flexibility index (Phi) is 4.18. The number of carbonyl (C=O) groups excluding carboxylic acids is 2. The second kappa shape index (κ2) is 6.31. The molecular formula is C17H17N3O5. The monoisotopic (exact) mass is 343 g/mol. The third-order valence-electron chi connectivity index (χ3n) is 3.97. The number of nitrogens with zero attached hydrogens (tertiary/aromatic N) is 2. The maximum atomic E-state index is 12.7. The van der Waals surface area contributed by atoms with Crippen LogP contribution < -0.4 is 10.1 Å². The molecule has 0 bridgehead atoms. The highest BCUT2D eigenvalue weighted by molar-refractivity contribution is 6.09. The Morgan fingerprint density at radius 3 is 2.72 bits per heavy atom. The first-order valence-corrected chi connectivity index (χ1v) is 7.44. The molecule has 2 aromatic heterocycles. The van der Waals surface area contributed by atoms with Gasteiger partial charge in [-0.1, -0.05) is 0 Å². The quantitative estimate of drug-likeness (QED) is 0.731. The standard InChI is InChI=1S/C17H17N3O5/c1-9-14(15(17(22)24-4)19-20(9)2)18-16(21)10-7-12(23-3)11-5-6-25-13(11)8-10/h5-8H,1-4H3,(H,18,21). The van der Waals surface area contributed by atoms with E-state index in [1.54, 1.807) is 32.2 Å². The minimum atomic E-state index is -0.627. The number of hydrogen-bond acceptors (Lipinski definition) is 6. The molecule has 0 aliphatic rings. The van der Waals surface area contributed by atoms with Gasteiger partial charge in [0.15, 0.2) is 5.69 Å². The van der Waals surface area contributed by atoms with Crippen LogP contribution in [0.15, 0.2) is 28.9 Å². The zero-order valence-electron chi connectivity index (χ0n) is 14.2. The Bertz CT molecular complexity index is 970. The minimum absolute atomic E-state index is 0.0434. The lowest BCUT2D eigenvalue weighted by atomic mass is 10.1. The first-order valence-electron chi connectivity index (χ1n) is 7.44. The lowest BCUT2D eigenvalue weighted by Gasteiger charge is -2.08. The molecule has 0 aliphatic heterocycles. The van der Waals surface area contributed by atoms with Crippen LogP contribution in [0.4, 0.5) is 5.69 Å². The normalized spacial score (nSPS) is 10.7. The number of aryl methyl sites for hydroxylation is 1. The largest absolute Gasteiger partial charge is 0.496 e. The molecule has 3 rings (SSSR count). The number of furan rings is 1. The van der Waals surface area contributed by atoms with Gasteiger partial charge in [0.25, 0.3) is 5.91 Å². The zero-order chi connectivity index (χ0) is 18.1. The predicted octanol–water partition coefficient (Wildman–Crippen LogP) is 2.52. The van der Waals surface area contributed by atoms with E-state index in [4.69, 9.17) is 13.9 Å². The van der Waals surface area contributed by atoms with Crippen LogP contribution in [-0.2, 0) is 11.8 Å². The highest BCUT2D eigenvalue weighted by Crippen LogP contribution is 2.29. The van der Waals surface area contributed by atoms with Crippen molar-refractivity contribution >= 4 is 28.5 Å². The summed E-state index contributed by atoms with van der Waals surface area (Å²) in [5, 5.41) is 7.58. The number of rotatable bonds is 4. The van der Waals surface area contributed by atoms with Crippen molar-refractivity contribution in [1.29, 1.82) is 0 Å². The molecule has 0 saturated heterocycles. The molecule has 0 unspecified atom stereocenters. The van der Waals surface area contributed by atoms with Crippen molar-refractivity contribution < 1.29 is 23.5 Å². The first-order chi connectivity index (χ1) is 12.0. The van der Waals surface area contributed by atoms with Crippen molar-refractivity contribution in [2.24, 2.45) is 7.05 Å². The highest BCUT2D eigenvalue weighted by atomic mass is 16.5. The average molecular weight is 343 g/mol. The fourth-order valence-electron chi connectivity index (χ4n) is 2.52. The molecule has 1 aromatic carbocycles. The van der Waals surface area contributed by atoms with Crippen LogP contribution in [-0.4, -0.2) is 35.9 Å². The van der Waals surface area contributed by atoms with Gasteiger partial charge in [-0.2, -0.15) is 5.10 Å². The van der Waals surface area contributed by atoms with Crippen molar-refractivity contribution in [2.45, 2.75) is 6.92 Å². The van der Waals surface area contributed by atoms with E-state index in [1.165, 1.54) is 25.2 Å². The molecule has 1 N–H and O–H groups in total. The lowest BCUT2D eigenvalue weighted by Crippen LogP contribution is -2.15. The topological polar surface area (TPSA) is 95.6 Å². The summed E-state index contributed by atoms with van der Waals surface area (Å²) in [6.07, 6.45) is 1.52. The summed E-state index contributed by atoms with van der Waals surface area (Å²) < 4.78 is 16.9. The molecular weight excluding hydrogens is 326 g/mol. The third-order valence-corrected chi connectivity index (χ3v) is 3.97. The van der Waals surface area contributed by atoms with Gasteiger partial charge in [0, 0.05) is 12.6 Å². The second-order valence-electron chi connectivity index (χ2n) is 5.39. The van der Waals surface area contributed by atoms with E-state index in [0.29, 0.717) is 28.3 Å². The van der Waals surface area contributed by atoms with Crippen molar-refractivity contribution in [3.8, 4) is 5.75 Å². The van der Waals surface area contributed by atoms with Gasteiger partial charge in [0.05, 0.1) is 37.3 Å². The number of nitrogens with one attached hydrogen (secondary N) is 1. The van der Waals surface area contributed by atoms with Crippen LogP contribution in [0.3, 0.4) is 0 Å². The molecule has 3 aromatic rings. The molecule has 8 heteroatoms. The number of methoxy groups -OCH3 is 2. The molecule has 0 saturated carbocycles. The SMILES string of the molecule is COC(=O)c1nn(C)c(C)c1NC(=O)c1cc(OC)c2ccoc2c1. The summed E-state index contributed by atoms with van der Waals surface area (Å²) in [6, 6.07) is 4.98. The van der Waals surface area contributed by atoms with Crippen molar-refractivity contribution in [3.63, 3.8) is 0 Å². The van der Waals surface area contributed by atoms with E-state index in [2.05, 4.69) is 10.4 Å². The Morgan fingerprint density at radius 2 is 2.04 bits per heavy atom. The van der Waals surface area contributed by atoms with Crippen LogP contribution in [0, 0.1) is 6.92 Å². The van der Waals surface area contributed by atoms with Crippen molar-refractivity contribution in [1.82, 2.24) is 9.78 Å². The van der Waals surface area contributed by atoms with Gasteiger partial charge in [-0.15, -0.1) is 0 Å². The summed E-state index contributed by atoms with van der Waals surface area (Å²) in [7, 11) is 4.45. The molecule has 8 nitrogen and oxygen atoms in total. The van der Waals surface area contributed by atoms with Gasteiger partial charge < -0.3 is 19.2 Å². The molecule has 0 radical (unpaired) electrons. The minimum Gasteiger partial charge on any atom is -0.496 e. The van der Waals surface area contributed by atoms with Crippen molar-refractivity contribution in [2.75, 3.05) is 19.5 Å². The number of carbonyl (C=O) groups is 2. The number of aromatic nitrogens is 2. The third kappa shape index (κ3) is 2.82. The molecule has 0 fully saturated rings. The molecule has 1 amide bonds. The maximum absolute atomic E-state index is 12.7. The maximum Gasteiger partial charge on any atom is 0.360 e. The number of benzene rings is 1. The average Bonchev–Trinajstić information content (AvgIpc) is 3.20. The molecule has 25 heavy (non-hydrogen) atoms. The fraction of sp³-hybridized carbons (Fsp3) is 0.235. The van der Waals surface area contributed by atoms with E-state index >= 15 is 0 Å². The summed E-state index contributed by atoms with van der Waals surface area (Å²) in [5.74, 6) is -0.525. The summed E-state index contributed by atoms with van der Waals surface area (Å²) in [5.41, 5.74) is 1.83. The zero-order valence-corrected chi connectivity index (χ0v) is 14.2. The van der Waals surface area contributed by atoms with Crippen LogP contribution in [0.2, 0.25) is 0 Å². The van der Waals surface area contributed by atoms with E-state index in [1.807, 2.05) is 0 Å². The highest BCUT2D eigenvalue weighted by Gasteiger charge is 2.23. The second-order valence-corrected chi connectivity index (χ2v) is 5.39. The van der Waals surface area contributed by atoms with Crippen LogP contribution >= 0.6 is 0 Å². The van der Waals surface area contributed by atoms with Crippen LogP contribution in [0.1, 0.15) is 26.5 Å². The Hall–Kier alpha value is -3.29. The summed E-state index contributed by atoms with van der Waals surface area (Å²) >= 11 is 0. The van der Waals surface area contributed by atoms with Gasteiger partial charge in [-0.25, -0.2) is 4.79 Å². The molecule has 0 aliphatic carbocycles. The Balaban J connectivity index is 1.99. The number of esters is 1. The first kappa shape index (κ1) is 16.6. The smallest absolute Gasteiger partial charge is 0.360 e. The van der Waals surface area contributed by atoms with Crippen LogP contribution in [0.5, 0.6) is 5.75 Å². The molecule has 0 spiro atoms. The van der Waals surface area contributed by atoms with Gasteiger partial charge in [-0.05, 0) is 25.1 Å². The number of hydrogen-bond donors (Lipinski definition) is 1. The van der Waals surface area contributed by atoms with Crippen molar-refractivity contribution in [3.05, 3.63) is 41.4 Å². The molecule has 2 heterocycles. The number of fused-ring (bicyclic) bond motifs is 1.